The zero-order valence-corrected chi connectivity index (χ0v) is 18.3. The van der Waals surface area contributed by atoms with Crippen molar-refractivity contribution in [2.75, 3.05) is 0 Å². The molecule has 2 heterocycles. The van der Waals surface area contributed by atoms with E-state index in [0.717, 1.165) is 53.8 Å². The Morgan fingerprint density at radius 2 is 1.69 bits per heavy atom. The van der Waals surface area contributed by atoms with Gasteiger partial charge in [0.2, 0.25) is 0 Å². The Morgan fingerprint density at radius 3 is 2.31 bits per heavy atom. The van der Waals surface area contributed by atoms with Crippen LogP contribution in [0.25, 0.3) is 28.2 Å². The Kier molecular flexibility index (Phi) is 4.42. The van der Waals surface area contributed by atoms with Crippen molar-refractivity contribution in [2.45, 2.75) is 50.6 Å². The Labute approximate surface area is 187 Å². The molecule has 2 aromatic carbocycles. The van der Waals surface area contributed by atoms with Gasteiger partial charge in [-0.05, 0) is 56.1 Å². The van der Waals surface area contributed by atoms with Gasteiger partial charge in [0.1, 0.15) is 5.82 Å². The van der Waals surface area contributed by atoms with Gasteiger partial charge < -0.3 is 11.5 Å². The van der Waals surface area contributed by atoms with Crippen LogP contribution in [0.4, 0.5) is 0 Å². The third-order valence-corrected chi connectivity index (χ3v) is 7.12. The van der Waals surface area contributed by atoms with Gasteiger partial charge in [0.15, 0.2) is 0 Å². The van der Waals surface area contributed by atoms with Gasteiger partial charge >= 0.3 is 0 Å². The second-order valence-corrected chi connectivity index (χ2v) is 9.41. The van der Waals surface area contributed by atoms with E-state index in [1.54, 1.807) is 0 Å². The van der Waals surface area contributed by atoms with Crippen molar-refractivity contribution in [3.63, 3.8) is 0 Å². The Bertz CT molecular complexity index is 1280. The van der Waals surface area contributed by atoms with Gasteiger partial charge in [0.05, 0.1) is 17.4 Å². The molecule has 0 saturated heterocycles. The van der Waals surface area contributed by atoms with E-state index in [1.165, 1.54) is 12.0 Å². The van der Waals surface area contributed by atoms with Crippen molar-refractivity contribution < 1.29 is 0 Å². The van der Waals surface area contributed by atoms with E-state index in [1.807, 2.05) is 17.5 Å². The van der Waals surface area contributed by atoms with Gasteiger partial charge in [-0.3, -0.25) is 0 Å². The molecule has 0 amide bonds. The average molecular weight is 425 g/mol. The summed E-state index contributed by atoms with van der Waals surface area (Å²) in [6.07, 6.45) is 5.59. The highest BCUT2D eigenvalue weighted by Gasteiger charge is 2.36. The molecule has 6 nitrogen and oxygen atoms in total. The first-order chi connectivity index (χ1) is 15.5. The molecule has 6 rings (SSSR count). The summed E-state index contributed by atoms with van der Waals surface area (Å²) in [7, 11) is 0. The van der Waals surface area contributed by atoms with E-state index in [-0.39, 0.29) is 11.6 Å². The van der Waals surface area contributed by atoms with Gasteiger partial charge in [-0.25, -0.2) is 4.98 Å². The van der Waals surface area contributed by atoms with Crippen LogP contribution in [0.1, 0.15) is 55.2 Å². The molecule has 2 aromatic heterocycles. The number of benzene rings is 2. The number of hydrogen-bond acceptors (Lipinski definition) is 5. The van der Waals surface area contributed by atoms with Gasteiger partial charge in [-0.1, -0.05) is 54.6 Å². The first-order valence-electron chi connectivity index (χ1n) is 11.5. The number of nitrogens with two attached hydrogens (primary N) is 2. The highest BCUT2D eigenvalue weighted by molar-refractivity contribution is 5.84. The highest BCUT2D eigenvalue weighted by Crippen LogP contribution is 2.45. The highest BCUT2D eigenvalue weighted by atomic mass is 15.3. The number of nitrogens with zero attached hydrogens (tertiary/aromatic N) is 4. The fraction of sp³-hybridized carbons (Fsp3) is 0.346. The zero-order chi connectivity index (χ0) is 21.9. The molecule has 2 fully saturated rings. The molecule has 2 aliphatic rings. The second-order valence-electron chi connectivity index (χ2n) is 9.41. The lowest BCUT2D eigenvalue weighted by atomic mass is 9.72. The first kappa shape index (κ1) is 19.6. The first-order valence-corrected chi connectivity index (χ1v) is 11.5. The molecule has 2 saturated carbocycles. The van der Waals surface area contributed by atoms with Crippen molar-refractivity contribution >= 4 is 5.78 Å². The normalized spacial score (nSPS) is 18.5. The van der Waals surface area contributed by atoms with Crippen molar-refractivity contribution in [3.05, 3.63) is 71.7 Å². The molecule has 0 radical (unpaired) electrons. The van der Waals surface area contributed by atoms with Crippen LogP contribution in [0.2, 0.25) is 0 Å². The maximum absolute atomic E-state index is 6.83. The van der Waals surface area contributed by atoms with Crippen LogP contribution in [0.5, 0.6) is 0 Å². The fourth-order valence-electron chi connectivity index (χ4n) is 4.91. The summed E-state index contributed by atoms with van der Waals surface area (Å²) in [5.74, 6) is 1.77. The number of aromatic nitrogens is 4. The molecule has 4 aromatic rings. The van der Waals surface area contributed by atoms with Crippen LogP contribution in [0.15, 0.2) is 54.6 Å². The second kappa shape index (κ2) is 7.22. The van der Waals surface area contributed by atoms with Gasteiger partial charge in [0.25, 0.3) is 5.78 Å². The lowest BCUT2D eigenvalue weighted by molar-refractivity contribution is 0.253. The maximum Gasteiger partial charge on any atom is 0.253 e. The molecule has 32 heavy (non-hydrogen) atoms. The van der Waals surface area contributed by atoms with E-state index in [2.05, 4.69) is 58.6 Å². The Morgan fingerprint density at radius 1 is 0.969 bits per heavy atom. The number of hydrogen-bond donors (Lipinski definition) is 2. The van der Waals surface area contributed by atoms with E-state index >= 15 is 0 Å². The number of rotatable bonds is 5. The summed E-state index contributed by atoms with van der Waals surface area (Å²) >= 11 is 0. The average Bonchev–Trinajstić information content (AvgIpc) is 3.57. The van der Waals surface area contributed by atoms with Crippen LogP contribution in [-0.4, -0.2) is 19.6 Å². The summed E-state index contributed by atoms with van der Waals surface area (Å²) in [6.45, 7) is 1.90. The molecule has 0 bridgehead atoms. The van der Waals surface area contributed by atoms with E-state index in [4.69, 9.17) is 16.5 Å². The molecule has 162 valence electrons. The third kappa shape index (κ3) is 3.14. The molecule has 1 unspecified atom stereocenters. The zero-order valence-electron chi connectivity index (χ0n) is 18.3. The molecular weight excluding hydrogens is 396 g/mol. The van der Waals surface area contributed by atoms with Crippen LogP contribution in [0.3, 0.4) is 0 Å². The lowest BCUT2D eigenvalue weighted by Gasteiger charge is -2.38. The molecule has 0 aliphatic heterocycles. The van der Waals surface area contributed by atoms with E-state index in [0.29, 0.717) is 17.5 Å². The number of aryl methyl sites for hydroxylation is 1. The maximum atomic E-state index is 6.83. The molecular formula is C26H28N6. The van der Waals surface area contributed by atoms with Gasteiger partial charge in [-0.15, -0.1) is 5.10 Å². The third-order valence-electron chi connectivity index (χ3n) is 7.12. The molecule has 6 heteroatoms. The summed E-state index contributed by atoms with van der Waals surface area (Å²) in [5, 5.41) is 4.68. The molecule has 0 spiro atoms. The van der Waals surface area contributed by atoms with Crippen molar-refractivity contribution in [1.82, 2.24) is 19.6 Å². The Balaban J connectivity index is 1.60. The Hall–Kier alpha value is -3.09. The van der Waals surface area contributed by atoms with Crippen LogP contribution in [-0.2, 0) is 5.54 Å². The lowest BCUT2D eigenvalue weighted by Crippen LogP contribution is -2.43. The van der Waals surface area contributed by atoms with Crippen LogP contribution in [0, 0.1) is 12.8 Å². The summed E-state index contributed by atoms with van der Waals surface area (Å²) in [5.41, 5.74) is 19.5. The SMILES string of the molecule is Cc1nc2nc(-c3ccc(C4(N)CCC4)cc3)c(-c3ccccc3)c(C(N)C3CC3)n2n1. The topological polar surface area (TPSA) is 95.1 Å². The minimum atomic E-state index is -0.179. The predicted octanol–water partition coefficient (Wildman–Crippen LogP) is 4.51. The van der Waals surface area contributed by atoms with Crippen LogP contribution >= 0.6 is 0 Å². The van der Waals surface area contributed by atoms with Crippen molar-refractivity contribution in [2.24, 2.45) is 17.4 Å². The summed E-state index contributed by atoms with van der Waals surface area (Å²) in [6, 6.07) is 18.9. The van der Waals surface area contributed by atoms with Gasteiger partial charge in [0, 0.05) is 16.7 Å². The fourth-order valence-corrected chi connectivity index (χ4v) is 4.91. The molecule has 1 atom stereocenters. The minimum absolute atomic E-state index is 0.114. The minimum Gasteiger partial charge on any atom is -0.322 e. The number of fused-ring (bicyclic) bond motifs is 1. The standard InChI is InChI=1S/C26H28N6/c1-16-29-25-30-23(19-10-12-20(13-11-19)26(28)14-5-15-26)21(17-6-3-2-4-7-17)24(32(25)31-16)22(27)18-8-9-18/h2-4,6-7,10-13,18,22H,5,8-9,14-15,27-28H2,1H3. The molecule has 4 N–H and O–H groups in total. The quantitative estimate of drug-likeness (QED) is 0.491. The van der Waals surface area contributed by atoms with E-state index < -0.39 is 0 Å². The van der Waals surface area contributed by atoms with Crippen molar-refractivity contribution in [1.29, 1.82) is 0 Å². The molecule has 2 aliphatic carbocycles. The largest absolute Gasteiger partial charge is 0.322 e. The van der Waals surface area contributed by atoms with E-state index in [9.17, 15) is 0 Å². The summed E-state index contributed by atoms with van der Waals surface area (Å²) in [4.78, 5) is 9.60. The monoisotopic (exact) mass is 424 g/mol. The predicted molar refractivity (Wildman–Crippen MR) is 126 cm³/mol. The van der Waals surface area contributed by atoms with Crippen molar-refractivity contribution in [3.8, 4) is 22.4 Å². The van der Waals surface area contributed by atoms with Crippen LogP contribution < -0.4 is 11.5 Å². The smallest absolute Gasteiger partial charge is 0.253 e. The van der Waals surface area contributed by atoms with Gasteiger partial charge in [-0.2, -0.15) is 9.50 Å². The summed E-state index contributed by atoms with van der Waals surface area (Å²) < 4.78 is 1.86.